The highest BCUT2D eigenvalue weighted by molar-refractivity contribution is 6.35. The van der Waals surface area contributed by atoms with Gasteiger partial charge in [-0.25, -0.2) is 0 Å². The third kappa shape index (κ3) is 6.72. The number of para-hydroxylation sites is 1. The Hall–Kier alpha value is -4.21. The van der Waals surface area contributed by atoms with Crippen molar-refractivity contribution in [1.29, 1.82) is 0 Å². The van der Waals surface area contributed by atoms with Crippen LogP contribution in [0.4, 0.5) is 11.4 Å². The lowest BCUT2D eigenvalue weighted by Crippen LogP contribution is -2.26. The van der Waals surface area contributed by atoms with Gasteiger partial charge in [0, 0.05) is 34.6 Å². The van der Waals surface area contributed by atoms with Gasteiger partial charge < -0.3 is 26.0 Å². The van der Waals surface area contributed by atoms with E-state index in [1.807, 2.05) is 0 Å². The lowest BCUT2D eigenvalue weighted by Gasteiger charge is -2.17. The van der Waals surface area contributed by atoms with E-state index in [0.29, 0.717) is 28.1 Å². The van der Waals surface area contributed by atoms with Gasteiger partial charge in [0.15, 0.2) is 5.78 Å². The van der Waals surface area contributed by atoms with Crippen molar-refractivity contribution in [3.8, 4) is 0 Å². The van der Waals surface area contributed by atoms with E-state index in [1.165, 1.54) is 24.3 Å². The SMILES string of the molecule is Cc1ccc(C(=O)NCCO)cc1C(=O)c1ccc(Nc2ccccc2C(CC(=O)O)C(=O)O)cc1Cl. The zero-order valence-corrected chi connectivity index (χ0v) is 20.6. The molecule has 0 saturated carbocycles. The predicted octanol–water partition coefficient (Wildman–Crippen LogP) is 3.99. The second kappa shape index (κ2) is 12.2. The Bertz CT molecular complexity index is 1360. The van der Waals surface area contributed by atoms with Crippen LogP contribution in [0.25, 0.3) is 0 Å². The fourth-order valence-corrected chi connectivity index (χ4v) is 4.04. The second-order valence-electron chi connectivity index (χ2n) is 8.23. The van der Waals surface area contributed by atoms with Gasteiger partial charge in [-0.3, -0.25) is 19.2 Å². The fraction of sp³-hybridized carbons (Fsp3) is 0.185. The van der Waals surface area contributed by atoms with Gasteiger partial charge in [0.2, 0.25) is 0 Å². The number of aliphatic hydroxyl groups is 1. The quantitative estimate of drug-likeness (QED) is 0.236. The highest BCUT2D eigenvalue weighted by Crippen LogP contribution is 2.32. The first-order chi connectivity index (χ1) is 17.6. The average Bonchev–Trinajstić information content (AvgIpc) is 2.86. The molecule has 0 fully saturated rings. The van der Waals surface area contributed by atoms with Gasteiger partial charge >= 0.3 is 11.9 Å². The summed E-state index contributed by atoms with van der Waals surface area (Å²) in [5.74, 6) is -4.58. The van der Waals surface area contributed by atoms with Crippen molar-refractivity contribution < 1.29 is 34.5 Å². The van der Waals surface area contributed by atoms with Crippen LogP contribution in [-0.4, -0.2) is 52.1 Å². The predicted molar refractivity (Wildman–Crippen MR) is 138 cm³/mol. The molecule has 0 spiro atoms. The minimum absolute atomic E-state index is 0.0862. The van der Waals surface area contributed by atoms with Crippen molar-refractivity contribution in [1.82, 2.24) is 5.32 Å². The van der Waals surface area contributed by atoms with E-state index in [4.69, 9.17) is 21.8 Å². The summed E-state index contributed by atoms with van der Waals surface area (Å²) in [6.07, 6.45) is -0.585. The van der Waals surface area contributed by atoms with E-state index in [0.717, 1.165) is 0 Å². The molecule has 0 heterocycles. The number of aliphatic hydroxyl groups excluding tert-OH is 1. The third-order valence-electron chi connectivity index (χ3n) is 5.65. The summed E-state index contributed by atoms with van der Waals surface area (Å²) < 4.78 is 0. The molecule has 0 bridgehead atoms. The van der Waals surface area contributed by atoms with Crippen LogP contribution in [0.5, 0.6) is 0 Å². The number of hydrogen-bond donors (Lipinski definition) is 5. The maximum Gasteiger partial charge on any atom is 0.311 e. The maximum atomic E-state index is 13.3. The van der Waals surface area contributed by atoms with Gasteiger partial charge in [-0.2, -0.15) is 0 Å². The van der Waals surface area contributed by atoms with Crippen LogP contribution in [0.15, 0.2) is 60.7 Å². The van der Waals surface area contributed by atoms with Crippen molar-refractivity contribution in [2.24, 2.45) is 0 Å². The molecule has 1 atom stereocenters. The molecule has 10 heteroatoms. The molecule has 3 aromatic carbocycles. The number of nitrogens with one attached hydrogen (secondary N) is 2. The molecular weight excluding hydrogens is 500 g/mol. The summed E-state index contributed by atoms with van der Waals surface area (Å²) in [5, 5.41) is 33.3. The number of anilines is 2. The molecule has 0 aliphatic carbocycles. The Morgan fingerprint density at radius 2 is 1.68 bits per heavy atom. The largest absolute Gasteiger partial charge is 0.481 e. The van der Waals surface area contributed by atoms with E-state index in [2.05, 4.69) is 10.6 Å². The number of rotatable bonds is 11. The average molecular weight is 525 g/mol. The van der Waals surface area contributed by atoms with Crippen molar-refractivity contribution in [2.75, 3.05) is 18.5 Å². The molecule has 3 aromatic rings. The number of benzene rings is 3. The van der Waals surface area contributed by atoms with Crippen LogP contribution < -0.4 is 10.6 Å². The molecule has 1 unspecified atom stereocenters. The van der Waals surface area contributed by atoms with Gasteiger partial charge in [0.25, 0.3) is 5.91 Å². The molecule has 5 N–H and O–H groups in total. The number of aryl methyl sites for hydroxylation is 1. The van der Waals surface area contributed by atoms with Crippen molar-refractivity contribution >= 4 is 46.6 Å². The molecular formula is C27H25ClN2O7. The van der Waals surface area contributed by atoms with E-state index in [1.54, 1.807) is 43.3 Å². The normalized spacial score (nSPS) is 11.4. The number of amides is 1. The minimum atomic E-state index is -1.27. The summed E-state index contributed by atoms with van der Waals surface area (Å²) in [5.41, 5.74) is 2.55. The molecule has 0 aliphatic heterocycles. The molecule has 1 amide bonds. The number of carbonyl (C=O) groups is 4. The second-order valence-corrected chi connectivity index (χ2v) is 8.64. The fourth-order valence-electron chi connectivity index (χ4n) is 3.78. The molecule has 37 heavy (non-hydrogen) atoms. The van der Waals surface area contributed by atoms with Gasteiger partial charge in [0.1, 0.15) is 0 Å². The standard InChI is InChI=1S/C27H25ClN2O7/c1-15-6-7-16(26(35)29-10-11-31)12-20(15)25(34)19-9-8-17(13-22(19)28)30-23-5-3-2-4-18(23)21(27(36)37)14-24(32)33/h2-9,12-13,21,30-31H,10-11,14H2,1H3,(H,29,35)(H,32,33)(H,36,37). The lowest BCUT2D eigenvalue weighted by molar-refractivity contribution is -0.145. The maximum absolute atomic E-state index is 13.3. The van der Waals surface area contributed by atoms with Gasteiger partial charge in [0.05, 0.1) is 24.0 Å². The zero-order chi connectivity index (χ0) is 27.1. The number of carboxylic acid groups (broad SMARTS) is 2. The molecule has 0 saturated heterocycles. The van der Waals surface area contributed by atoms with Crippen LogP contribution >= 0.6 is 11.6 Å². The van der Waals surface area contributed by atoms with Crippen LogP contribution in [0, 0.1) is 6.92 Å². The van der Waals surface area contributed by atoms with Crippen molar-refractivity contribution in [3.63, 3.8) is 0 Å². The van der Waals surface area contributed by atoms with E-state index >= 15 is 0 Å². The first-order valence-electron chi connectivity index (χ1n) is 11.3. The molecule has 0 radical (unpaired) electrons. The lowest BCUT2D eigenvalue weighted by atomic mass is 9.94. The monoisotopic (exact) mass is 524 g/mol. The summed E-state index contributed by atoms with van der Waals surface area (Å²) in [6, 6.07) is 15.8. The first-order valence-corrected chi connectivity index (χ1v) is 11.6. The molecule has 192 valence electrons. The number of hydrogen-bond acceptors (Lipinski definition) is 6. The highest BCUT2D eigenvalue weighted by atomic mass is 35.5. The smallest absolute Gasteiger partial charge is 0.311 e. The number of aliphatic carboxylic acids is 2. The summed E-state index contributed by atoms with van der Waals surface area (Å²) in [6.45, 7) is 1.61. The molecule has 3 rings (SSSR count). The molecule has 9 nitrogen and oxygen atoms in total. The number of carbonyl (C=O) groups excluding carboxylic acids is 2. The van der Waals surface area contributed by atoms with E-state index < -0.39 is 36.0 Å². The Morgan fingerprint density at radius 1 is 0.946 bits per heavy atom. The van der Waals surface area contributed by atoms with Crippen LogP contribution in [0.3, 0.4) is 0 Å². The van der Waals surface area contributed by atoms with Crippen LogP contribution in [-0.2, 0) is 9.59 Å². The Labute approximate surface area is 217 Å². The molecule has 0 aliphatic rings. The topological polar surface area (TPSA) is 153 Å². The van der Waals surface area contributed by atoms with Gasteiger partial charge in [-0.1, -0.05) is 35.9 Å². The number of halogens is 1. The van der Waals surface area contributed by atoms with Crippen molar-refractivity contribution in [3.05, 3.63) is 93.5 Å². The van der Waals surface area contributed by atoms with E-state index in [-0.39, 0.29) is 29.3 Å². The van der Waals surface area contributed by atoms with Gasteiger partial charge in [-0.15, -0.1) is 0 Å². The van der Waals surface area contributed by atoms with Crippen LogP contribution in [0.2, 0.25) is 5.02 Å². The van der Waals surface area contributed by atoms with E-state index in [9.17, 15) is 24.3 Å². The first kappa shape index (κ1) is 27.4. The van der Waals surface area contributed by atoms with Crippen molar-refractivity contribution in [2.45, 2.75) is 19.3 Å². The summed E-state index contributed by atoms with van der Waals surface area (Å²) in [4.78, 5) is 48.4. The number of ketones is 1. The Morgan fingerprint density at radius 3 is 2.32 bits per heavy atom. The number of carboxylic acids is 2. The summed E-state index contributed by atoms with van der Waals surface area (Å²) >= 11 is 6.45. The third-order valence-corrected chi connectivity index (χ3v) is 5.96. The highest BCUT2D eigenvalue weighted by Gasteiger charge is 2.26. The summed E-state index contributed by atoms with van der Waals surface area (Å²) in [7, 11) is 0. The van der Waals surface area contributed by atoms with Gasteiger partial charge in [-0.05, 0) is 54.4 Å². The van der Waals surface area contributed by atoms with Crippen LogP contribution in [0.1, 0.15) is 49.7 Å². The Balaban J connectivity index is 1.89. The Kier molecular flexibility index (Phi) is 9.00. The zero-order valence-electron chi connectivity index (χ0n) is 19.8. The minimum Gasteiger partial charge on any atom is -0.481 e. The molecule has 0 aromatic heterocycles.